The van der Waals surface area contributed by atoms with Crippen molar-refractivity contribution in [2.45, 2.75) is 10.1 Å². The third-order valence-electron chi connectivity index (χ3n) is 3.55. The number of amides is 1. The number of hydrogen-bond acceptors (Lipinski definition) is 2. The van der Waals surface area contributed by atoms with Crippen molar-refractivity contribution in [3.8, 4) is 0 Å². The second kappa shape index (κ2) is 8.43. The lowest BCUT2D eigenvalue weighted by atomic mass is 10.1. The molecule has 0 fully saturated rings. The Labute approximate surface area is 161 Å². The summed E-state index contributed by atoms with van der Waals surface area (Å²) in [5.74, 6) is -0.149. The van der Waals surface area contributed by atoms with Crippen LogP contribution in [-0.2, 0) is 4.79 Å². The Morgan fingerprint density at radius 1 is 0.840 bits per heavy atom. The number of carbonyl (C=O) groups excluding carboxylic acids is 1. The van der Waals surface area contributed by atoms with Crippen molar-refractivity contribution in [1.82, 2.24) is 0 Å². The second-order valence-corrected chi connectivity index (χ2v) is 7.28. The Balaban J connectivity index is 1.88. The largest absolute Gasteiger partial charge is 0.323 e. The first-order chi connectivity index (χ1) is 12.1. The van der Waals surface area contributed by atoms with E-state index in [4.69, 9.17) is 23.2 Å². The summed E-state index contributed by atoms with van der Waals surface area (Å²) in [6.45, 7) is 0. The van der Waals surface area contributed by atoms with E-state index in [1.807, 2.05) is 60.7 Å². The summed E-state index contributed by atoms with van der Waals surface area (Å²) < 4.78 is 0. The molecule has 0 aromatic heterocycles. The Morgan fingerprint density at radius 2 is 1.48 bits per heavy atom. The van der Waals surface area contributed by atoms with Crippen molar-refractivity contribution in [3.05, 3.63) is 94.5 Å². The van der Waals surface area contributed by atoms with Crippen molar-refractivity contribution >= 4 is 46.6 Å². The van der Waals surface area contributed by atoms with Gasteiger partial charge in [0.1, 0.15) is 5.25 Å². The van der Waals surface area contributed by atoms with Crippen LogP contribution in [0, 0.1) is 0 Å². The molecule has 1 N–H and O–H groups in total. The van der Waals surface area contributed by atoms with Crippen LogP contribution < -0.4 is 5.32 Å². The van der Waals surface area contributed by atoms with Crippen LogP contribution in [0.5, 0.6) is 0 Å². The summed E-state index contributed by atoms with van der Waals surface area (Å²) in [6, 6.07) is 24.7. The van der Waals surface area contributed by atoms with E-state index in [2.05, 4.69) is 5.32 Å². The third-order valence-corrected chi connectivity index (χ3v) is 5.63. The summed E-state index contributed by atoms with van der Waals surface area (Å²) in [5.41, 5.74) is 1.43. The monoisotopic (exact) mass is 387 g/mol. The van der Waals surface area contributed by atoms with Gasteiger partial charge in [-0.15, -0.1) is 11.8 Å². The lowest BCUT2D eigenvalue weighted by Gasteiger charge is -2.18. The molecule has 0 spiro atoms. The van der Waals surface area contributed by atoms with Crippen LogP contribution in [0.15, 0.2) is 83.8 Å². The van der Waals surface area contributed by atoms with Gasteiger partial charge in [-0.1, -0.05) is 77.8 Å². The molecular weight excluding hydrogens is 373 g/mol. The highest BCUT2D eigenvalue weighted by Crippen LogP contribution is 2.37. The fraction of sp³-hybridized carbons (Fsp3) is 0.0500. The lowest BCUT2D eigenvalue weighted by molar-refractivity contribution is -0.115. The van der Waals surface area contributed by atoms with Crippen LogP contribution in [0.3, 0.4) is 0 Å². The van der Waals surface area contributed by atoms with Crippen LogP contribution >= 0.6 is 35.0 Å². The molecule has 0 radical (unpaired) electrons. The molecule has 0 aliphatic carbocycles. The number of anilines is 1. The molecule has 0 saturated heterocycles. The van der Waals surface area contributed by atoms with Gasteiger partial charge in [-0.25, -0.2) is 0 Å². The molecule has 0 unspecified atom stereocenters. The minimum Gasteiger partial charge on any atom is -0.323 e. The molecule has 2 nitrogen and oxygen atoms in total. The van der Waals surface area contributed by atoms with Crippen LogP contribution in [0.25, 0.3) is 0 Å². The number of nitrogens with one attached hydrogen (secondary N) is 1. The molecule has 5 heteroatoms. The molecule has 126 valence electrons. The summed E-state index contributed by atoms with van der Waals surface area (Å²) in [7, 11) is 0. The number of rotatable bonds is 5. The summed E-state index contributed by atoms with van der Waals surface area (Å²) in [6.07, 6.45) is 0. The molecule has 1 amide bonds. The molecule has 0 aliphatic rings. The fourth-order valence-corrected chi connectivity index (χ4v) is 3.73. The maximum Gasteiger partial charge on any atom is 0.242 e. The average Bonchev–Trinajstić information content (AvgIpc) is 2.65. The van der Waals surface area contributed by atoms with Gasteiger partial charge < -0.3 is 5.32 Å². The van der Waals surface area contributed by atoms with Crippen molar-refractivity contribution in [2.75, 3.05) is 5.32 Å². The van der Waals surface area contributed by atoms with E-state index in [0.29, 0.717) is 15.7 Å². The van der Waals surface area contributed by atoms with Gasteiger partial charge in [0.05, 0.1) is 15.7 Å². The van der Waals surface area contributed by atoms with Gasteiger partial charge in [0.2, 0.25) is 5.91 Å². The summed E-state index contributed by atoms with van der Waals surface area (Å²) in [5, 5.41) is 3.24. The van der Waals surface area contributed by atoms with E-state index in [0.717, 1.165) is 10.5 Å². The van der Waals surface area contributed by atoms with Crippen molar-refractivity contribution in [1.29, 1.82) is 0 Å². The maximum absolute atomic E-state index is 12.9. The molecule has 0 saturated carbocycles. The smallest absolute Gasteiger partial charge is 0.242 e. The number of carbonyl (C=O) groups is 1. The number of benzene rings is 3. The molecule has 3 aromatic carbocycles. The van der Waals surface area contributed by atoms with Crippen molar-refractivity contribution < 1.29 is 4.79 Å². The van der Waals surface area contributed by atoms with Crippen LogP contribution in [0.4, 0.5) is 5.69 Å². The van der Waals surface area contributed by atoms with Crippen LogP contribution in [-0.4, -0.2) is 5.91 Å². The van der Waals surface area contributed by atoms with E-state index in [1.165, 1.54) is 11.8 Å². The molecule has 0 heterocycles. The van der Waals surface area contributed by atoms with Gasteiger partial charge in [-0.05, 0) is 29.8 Å². The van der Waals surface area contributed by atoms with Crippen molar-refractivity contribution in [2.24, 2.45) is 0 Å². The molecule has 25 heavy (non-hydrogen) atoms. The van der Waals surface area contributed by atoms with E-state index < -0.39 is 5.25 Å². The number of halogens is 2. The zero-order chi connectivity index (χ0) is 17.6. The normalized spacial score (nSPS) is 11.8. The van der Waals surface area contributed by atoms with Crippen LogP contribution in [0.2, 0.25) is 10.0 Å². The van der Waals surface area contributed by atoms with E-state index in [9.17, 15) is 4.79 Å². The van der Waals surface area contributed by atoms with Gasteiger partial charge in [0.15, 0.2) is 0 Å². The summed E-state index contributed by atoms with van der Waals surface area (Å²) >= 11 is 13.7. The first kappa shape index (κ1) is 17.9. The standard InChI is InChI=1S/C20H15Cl2NOS/c21-16-12-7-13-17(18(16)22)23-20(24)19(14-8-3-1-4-9-14)25-15-10-5-2-6-11-15/h1-13,19H,(H,23,24)/t19-/m1/s1. The Kier molecular flexibility index (Phi) is 6.03. The lowest BCUT2D eigenvalue weighted by Crippen LogP contribution is -2.19. The predicted molar refractivity (Wildman–Crippen MR) is 107 cm³/mol. The molecule has 3 aromatic rings. The Morgan fingerprint density at radius 3 is 2.16 bits per heavy atom. The highest BCUT2D eigenvalue weighted by molar-refractivity contribution is 8.00. The van der Waals surface area contributed by atoms with Gasteiger partial charge >= 0.3 is 0 Å². The number of hydrogen-bond donors (Lipinski definition) is 1. The molecule has 0 aliphatic heterocycles. The predicted octanol–water partition coefficient (Wildman–Crippen LogP) is 6.47. The Hall–Kier alpha value is -1.94. The molecular formula is C20H15Cl2NOS. The molecule has 1 atom stereocenters. The third kappa shape index (κ3) is 4.57. The van der Waals surface area contributed by atoms with E-state index in [-0.39, 0.29) is 5.91 Å². The van der Waals surface area contributed by atoms with Gasteiger partial charge in [-0.2, -0.15) is 0 Å². The number of thioether (sulfide) groups is 1. The first-order valence-electron chi connectivity index (χ1n) is 7.66. The van der Waals surface area contributed by atoms with E-state index in [1.54, 1.807) is 18.2 Å². The van der Waals surface area contributed by atoms with Gasteiger partial charge in [0, 0.05) is 4.90 Å². The quantitative estimate of drug-likeness (QED) is 0.508. The maximum atomic E-state index is 12.9. The minimum atomic E-state index is -0.404. The van der Waals surface area contributed by atoms with Crippen molar-refractivity contribution in [3.63, 3.8) is 0 Å². The fourth-order valence-electron chi connectivity index (χ4n) is 2.33. The van der Waals surface area contributed by atoms with Gasteiger partial charge in [0.25, 0.3) is 0 Å². The van der Waals surface area contributed by atoms with E-state index >= 15 is 0 Å². The molecule has 3 rings (SSSR count). The molecule has 0 bridgehead atoms. The summed E-state index contributed by atoms with van der Waals surface area (Å²) in [4.78, 5) is 14.0. The minimum absolute atomic E-state index is 0.149. The zero-order valence-electron chi connectivity index (χ0n) is 13.2. The topological polar surface area (TPSA) is 29.1 Å². The van der Waals surface area contributed by atoms with Crippen LogP contribution in [0.1, 0.15) is 10.8 Å². The average molecular weight is 388 g/mol. The highest BCUT2D eigenvalue weighted by atomic mass is 35.5. The second-order valence-electron chi connectivity index (χ2n) is 5.31. The SMILES string of the molecule is O=C(Nc1cccc(Cl)c1Cl)[C@H](Sc1ccccc1)c1ccccc1. The highest BCUT2D eigenvalue weighted by Gasteiger charge is 2.23. The first-order valence-corrected chi connectivity index (χ1v) is 9.30. The zero-order valence-corrected chi connectivity index (χ0v) is 15.5. The Bertz CT molecular complexity index is 856. The van der Waals surface area contributed by atoms with Gasteiger partial charge in [-0.3, -0.25) is 4.79 Å².